The van der Waals surface area contributed by atoms with E-state index in [2.05, 4.69) is 20.4 Å². The quantitative estimate of drug-likeness (QED) is 0.657. The third kappa shape index (κ3) is 4.91. The summed E-state index contributed by atoms with van der Waals surface area (Å²) in [6.07, 6.45) is 2.37. The van der Waals surface area contributed by atoms with E-state index < -0.39 is 17.7 Å². The molecule has 3 rings (SSSR count). The average molecular weight is 374 g/mol. The number of hydrogen-bond acceptors (Lipinski definition) is 6. The summed E-state index contributed by atoms with van der Waals surface area (Å²) in [5.74, 6) is -1.73. The van der Waals surface area contributed by atoms with E-state index in [9.17, 15) is 18.7 Å². The SMILES string of the molecule is O=C(CCc1nc(-c2cccnc2)no1)NCC(O)c1ccc(F)c(F)c1. The Morgan fingerprint density at radius 2 is 2.11 bits per heavy atom. The van der Waals surface area contributed by atoms with Gasteiger partial charge in [-0.15, -0.1) is 0 Å². The number of amides is 1. The lowest BCUT2D eigenvalue weighted by Crippen LogP contribution is -2.28. The summed E-state index contributed by atoms with van der Waals surface area (Å²) in [7, 11) is 0. The zero-order valence-corrected chi connectivity index (χ0v) is 14.1. The van der Waals surface area contributed by atoms with Crippen LogP contribution < -0.4 is 5.32 Å². The molecule has 1 unspecified atom stereocenters. The van der Waals surface area contributed by atoms with Crippen LogP contribution in [0.3, 0.4) is 0 Å². The van der Waals surface area contributed by atoms with Gasteiger partial charge in [0.05, 0.1) is 6.10 Å². The number of nitrogens with zero attached hydrogens (tertiary/aromatic N) is 3. The topological polar surface area (TPSA) is 101 Å². The highest BCUT2D eigenvalue weighted by atomic mass is 19.2. The molecular formula is C18H16F2N4O3. The molecule has 0 aliphatic rings. The van der Waals surface area contributed by atoms with E-state index in [1.165, 1.54) is 6.07 Å². The first-order chi connectivity index (χ1) is 13.0. The summed E-state index contributed by atoms with van der Waals surface area (Å²) in [5, 5.41) is 16.3. The molecule has 27 heavy (non-hydrogen) atoms. The number of aryl methyl sites for hydroxylation is 1. The third-order valence-corrected chi connectivity index (χ3v) is 3.77. The number of aliphatic hydroxyl groups excluding tert-OH is 1. The van der Waals surface area contributed by atoms with Gasteiger partial charge in [-0.2, -0.15) is 4.98 Å². The molecule has 3 aromatic rings. The molecule has 1 atom stereocenters. The molecule has 0 spiro atoms. The first-order valence-electron chi connectivity index (χ1n) is 8.15. The van der Waals surface area contributed by atoms with Gasteiger partial charge in [0.2, 0.25) is 17.6 Å². The van der Waals surface area contributed by atoms with Gasteiger partial charge in [0.15, 0.2) is 11.6 Å². The van der Waals surface area contributed by atoms with Gasteiger partial charge in [-0.05, 0) is 29.8 Å². The molecule has 140 valence electrons. The Balaban J connectivity index is 1.47. The van der Waals surface area contributed by atoms with Gasteiger partial charge in [-0.3, -0.25) is 9.78 Å². The Hall–Kier alpha value is -3.20. The van der Waals surface area contributed by atoms with Crippen LogP contribution in [0.2, 0.25) is 0 Å². The average Bonchev–Trinajstić information content (AvgIpc) is 3.16. The molecule has 7 nitrogen and oxygen atoms in total. The molecule has 0 aliphatic heterocycles. The van der Waals surface area contributed by atoms with E-state index in [4.69, 9.17) is 4.52 Å². The van der Waals surface area contributed by atoms with Crippen molar-refractivity contribution in [1.82, 2.24) is 20.4 Å². The summed E-state index contributed by atoms with van der Waals surface area (Å²) in [4.78, 5) is 20.0. The van der Waals surface area contributed by atoms with Crippen molar-refractivity contribution in [3.05, 3.63) is 65.8 Å². The fraction of sp³-hybridized carbons (Fsp3) is 0.222. The molecule has 9 heteroatoms. The van der Waals surface area contributed by atoms with Gasteiger partial charge < -0.3 is 14.9 Å². The van der Waals surface area contributed by atoms with Gasteiger partial charge >= 0.3 is 0 Å². The molecule has 0 saturated carbocycles. The van der Waals surface area contributed by atoms with Crippen molar-refractivity contribution in [1.29, 1.82) is 0 Å². The number of carbonyl (C=O) groups is 1. The van der Waals surface area contributed by atoms with E-state index in [0.29, 0.717) is 17.3 Å². The lowest BCUT2D eigenvalue weighted by atomic mass is 10.1. The number of halogens is 2. The van der Waals surface area contributed by atoms with Gasteiger partial charge in [0.25, 0.3) is 0 Å². The van der Waals surface area contributed by atoms with Crippen LogP contribution in [0, 0.1) is 11.6 Å². The molecular weight excluding hydrogens is 358 g/mol. The second-order valence-corrected chi connectivity index (χ2v) is 5.75. The minimum absolute atomic E-state index is 0.0686. The third-order valence-electron chi connectivity index (χ3n) is 3.77. The Kier molecular flexibility index (Phi) is 5.82. The van der Waals surface area contributed by atoms with Crippen molar-refractivity contribution in [2.45, 2.75) is 18.9 Å². The van der Waals surface area contributed by atoms with Crippen molar-refractivity contribution in [3.63, 3.8) is 0 Å². The van der Waals surface area contributed by atoms with Crippen molar-refractivity contribution >= 4 is 5.91 Å². The van der Waals surface area contributed by atoms with Crippen LogP contribution in [-0.2, 0) is 11.2 Å². The number of rotatable bonds is 7. The summed E-state index contributed by atoms with van der Waals surface area (Å²) in [6.45, 7) is -0.130. The first kappa shape index (κ1) is 18.6. The summed E-state index contributed by atoms with van der Waals surface area (Å²) in [6, 6.07) is 6.61. The monoisotopic (exact) mass is 374 g/mol. The van der Waals surface area contributed by atoms with E-state index in [-0.39, 0.29) is 30.9 Å². The maximum Gasteiger partial charge on any atom is 0.227 e. The molecule has 2 aromatic heterocycles. The van der Waals surface area contributed by atoms with Crippen LogP contribution in [0.25, 0.3) is 11.4 Å². The number of carbonyl (C=O) groups excluding carboxylic acids is 1. The molecule has 0 radical (unpaired) electrons. The van der Waals surface area contributed by atoms with Crippen LogP contribution >= 0.6 is 0 Å². The number of aromatic nitrogens is 3. The number of benzene rings is 1. The van der Waals surface area contributed by atoms with Gasteiger partial charge in [-0.25, -0.2) is 8.78 Å². The van der Waals surface area contributed by atoms with Crippen molar-refractivity contribution in [2.24, 2.45) is 0 Å². The van der Waals surface area contributed by atoms with Crippen LogP contribution in [0.4, 0.5) is 8.78 Å². The smallest absolute Gasteiger partial charge is 0.227 e. The van der Waals surface area contributed by atoms with E-state index in [1.807, 2.05) is 0 Å². The van der Waals surface area contributed by atoms with Crippen LogP contribution in [0.15, 0.2) is 47.2 Å². The zero-order chi connectivity index (χ0) is 19.2. The van der Waals surface area contributed by atoms with Gasteiger partial charge in [0, 0.05) is 37.3 Å². The minimum Gasteiger partial charge on any atom is -0.387 e. The van der Waals surface area contributed by atoms with Crippen LogP contribution in [0.5, 0.6) is 0 Å². The normalized spacial score (nSPS) is 12.0. The Morgan fingerprint density at radius 3 is 2.85 bits per heavy atom. The number of pyridine rings is 1. The summed E-state index contributed by atoms with van der Waals surface area (Å²) < 4.78 is 31.2. The number of aliphatic hydroxyl groups is 1. The molecule has 0 saturated heterocycles. The van der Waals surface area contributed by atoms with E-state index >= 15 is 0 Å². The predicted molar refractivity (Wildman–Crippen MR) is 90.2 cm³/mol. The predicted octanol–water partition coefficient (Wildman–Crippen LogP) is 2.19. The van der Waals surface area contributed by atoms with Gasteiger partial charge in [0.1, 0.15) is 0 Å². The van der Waals surface area contributed by atoms with Crippen molar-refractivity contribution in [3.8, 4) is 11.4 Å². The fourth-order valence-corrected chi connectivity index (χ4v) is 2.33. The fourth-order valence-electron chi connectivity index (χ4n) is 2.33. The van der Waals surface area contributed by atoms with Crippen LogP contribution in [-0.4, -0.2) is 32.7 Å². The lowest BCUT2D eigenvalue weighted by molar-refractivity contribution is -0.121. The molecule has 0 fully saturated rings. The highest BCUT2D eigenvalue weighted by Crippen LogP contribution is 2.16. The van der Waals surface area contributed by atoms with Gasteiger partial charge in [-0.1, -0.05) is 11.2 Å². The van der Waals surface area contributed by atoms with Crippen LogP contribution in [0.1, 0.15) is 24.0 Å². The molecule has 0 bridgehead atoms. The first-order valence-corrected chi connectivity index (χ1v) is 8.15. The number of hydrogen-bond donors (Lipinski definition) is 2. The molecule has 2 heterocycles. The molecule has 1 aromatic carbocycles. The standard InChI is InChI=1S/C18H16F2N4O3/c19-13-4-3-11(8-14(13)20)15(25)10-22-16(26)5-6-17-23-18(24-27-17)12-2-1-7-21-9-12/h1-4,7-9,15,25H,5-6,10H2,(H,22,26). The molecule has 2 N–H and O–H groups in total. The van der Waals surface area contributed by atoms with E-state index in [1.54, 1.807) is 24.5 Å². The minimum atomic E-state index is -1.15. The Morgan fingerprint density at radius 1 is 1.26 bits per heavy atom. The maximum atomic E-state index is 13.2. The summed E-state index contributed by atoms with van der Waals surface area (Å²) >= 11 is 0. The zero-order valence-electron chi connectivity index (χ0n) is 14.1. The maximum absolute atomic E-state index is 13.2. The van der Waals surface area contributed by atoms with Crippen molar-refractivity contribution < 1.29 is 23.2 Å². The summed E-state index contributed by atoms with van der Waals surface area (Å²) in [5.41, 5.74) is 0.874. The highest BCUT2D eigenvalue weighted by Gasteiger charge is 2.14. The molecule has 1 amide bonds. The van der Waals surface area contributed by atoms with E-state index in [0.717, 1.165) is 12.1 Å². The highest BCUT2D eigenvalue weighted by molar-refractivity contribution is 5.76. The largest absolute Gasteiger partial charge is 0.387 e. The van der Waals surface area contributed by atoms with Crippen molar-refractivity contribution in [2.75, 3.05) is 6.54 Å². The second kappa shape index (κ2) is 8.45. The molecule has 0 aliphatic carbocycles. The lowest BCUT2D eigenvalue weighted by Gasteiger charge is -2.12. The Labute approximate surface area is 153 Å². The number of nitrogens with one attached hydrogen (secondary N) is 1. The Bertz CT molecular complexity index is 918. The second-order valence-electron chi connectivity index (χ2n) is 5.75.